The zero-order valence-electron chi connectivity index (χ0n) is 19.0. The highest BCUT2D eigenvalue weighted by Gasteiger charge is 2.22. The van der Waals surface area contributed by atoms with E-state index in [1.165, 1.54) is 0 Å². The van der Waals surface area contributed by atoms with Gasteiger partial charge in [0.15, 0.2) is 11.5 Å². The number of benzene rings is 2. The molecule has 0 spiro atoms. The second-order valence-electron chi connectivity index (χ2n) is 7.91. The molecule has 35 heavy (non-hydrogen) atoms. The Morgan fingerprint density at radius 3 is 2.43 bits per heavy atom. The van der Waals surface area contributed by atoms with Crippen LogP contribution in [0.2, 0.25) is 0 Å². The van der Waals surface area contributed by atoms with Crippen LogP contribution in [-0.2, 0) is 16.7 Å². The Balaban J connectivity index is 1.70. The smallest absolute Gasteiger partial charge is 0.221 e. The maximum atomic E-state index is 11.3. The van der Waals surface area contributed by atoms with E-state index in [0.717, 1.165) is 22.3 Å². The second kappa shape index (κ2) is 10.3. The molecule has 0 fully saturated rings. The number of anilines is 3. The van der Waals surface area contributed by atoms with Gasteiger partial charge in [-0.15, -0.1) is 0 Å². The van der Waals surface area contributed by atoms with Crippen molar-refractivity contribution in [2.24, 2.45) is 0 Å². The summed E-state index contributed by atoms with van der Waals surface area (Å²) in [5.74, 6) is 1.49. The molecule has 0 saturated heterocycles. The van der Waals surface area contributed by atoms with E-state index in [1.807, 2.05) is 36.4 Å². The van der Waals surface area contributed by atoms with Gasteiger partial charge >= 0.3 is 0 Å². The summed E-state index contributed by atoms with van der Waals surface area (Å²) in [5.41, 5.74) is 21.4. The minimum atomic E-state index is -2.27. The first kappa shape index (κ1) is 23.8. The van der Waals surface area contributed by atoms with Crippen molar-refractivity contribution in [3.8, 4) is 11.5 Å². The fourth-order valence-electron chi connectivity index (χ4n) is 3.70. The van der Waals surface area contributed by atoms with Gasteiger partial charge in [0.25, 0.3) is 0 Å². The summed E-state index contributed by atoms with van der Waals surface area (Å²) in [5, 5.41) is 0. The molecule has 1 heterocycles. The van der Waals surface area contributed by atoms with Gasteiger partial charge in [-0.2, -0.15) is 13.4 Å². The molecule has 1 aliphatic rings. The Morgan fingerprint density at radius 1 is 1.03 bits per heavy atom. The number of nitrogens with zero attached hydrogens (tertiary/aromatic N) is 2. The minimum Gasteiger partial charge on any atom is -0.493 e. The van der Waals surface area contributed by atoms with E-state index in [9.17, 15) is 8.42 Å². The van der Waals surface area contributed by atoms with Crippen LogP contribution in [0.1, 0.15) is 29.2 Å². The molecule has 1 unspecified atom stereocenters. The number of ether oxygens (including phenoxy) is 2. The lowest BCUT2D eigenvalue weighted by molar-refractivity contribution is 0.233. The van der Waals surface area contributed by atoms with E-state index in [0.29, 0.717) is 34.3 Å². The van der Waals surface area contributed by atoms with Crippen LogP contribution in [0.3, 0.4) is 0 Å². The molecule has 9 nitrogen and oxygen atoms in total. The zero-order valence-corrected chi connectivity index (χ0v) is 19.8. The Kier molecular flexibility index (Phi) is 7.02. The van der Waals surface area contributed by atoms with Crippen LogP contribution in [0.4, 0.5) is 17.5 Å². The van der Waals surface area contributed by atoms with E-state index < -0.39 is 16.4 Å². The fraction of sp³-hybridized carbons (Fsp3) is 0.160. The normalized spacial score (nSPS) is 13.7. The third-order valence-corrected chi connectivity index (χ3v) is 6.27. The van der Waals surface area contributed by atoms with Crippen LogP contribution in [0.25, 0.3) is 0 Å². The topological polar surface area (TPSA) is 156 Å². The van der Waals surface area contributed by atoms with Crippen molar-refractivity contribution in [3.63, 3.8) is 0 Å². The number of hydrogen-bond acceptors (Lipinski definition) is 9. The molecule has 1 aliphatic carbocycles. The SMILES string of the molecule is COc1ccc(Cc2cnc(N)nc2N)cc1OC(C1=CCC(=S(=O)=O)C=C1)c1ccc(N)cc1. The van der Waals surface area contributed by atoms with Gasteiger partial charge in [0, 0.05) is 30.3 Å². The first-order valence-electron chi connectivity index (χ1n) is 10.7. The molecule has 0 bridgehead atoms. The third-order valence-electron chi connectivity index (χ3n) is 5.54. The number of nitrogen functional groups attached to an aromatic ring is 3. The molecule has 2 aromatic carbocycles. The van der Waals surface area contributed by atoms with Crippen molar-refractivity contribution in [2.75, 3.05) is 24.3 Å². The fourth-order valence-corrected chi connectivity index (χ4v) is 4.10. The number of nitrogens with two attached hydrogens (primary N) is 3. The number of rotatable bonds is 7. The van der Waals surface area contributed by atoms with Crippen LogP contribution in [0, 0.1) is 0 Å². The Bertz CT molecular complexity index is 1440. The van der Waals surface area contributed by atoms with Gasteiger partial charge in [0.05, 0.1) is 12.0 Å². The summed E-state index contributed by atoms with van der Waals surface area (Å²) in [4.78, 5) is 8.36. The van der Waals surface area contributed by atoms with E-state index in [4.69, 9.17) is 26.7 Å². The van der Waals surface area contributed by atoms with Crippen molar-refractivity contribution in [3.05, 3.63) is 89.2 Å². The number of methoxy groups -OCH3 is 1. The van der Waals surface area contributed by atoms with Gasteiger partial charge in [0.2, 0.25) is 16.2 Å². The highest BCUT2D eigenvalue weighted by molar-refractivity contribution is 7.73. The van der Waals surface area contributed by atoms with Gasteiger partial charge in [-0.1, -0.05) is 30.4 Å². The van der Waals surface area contributed by atoms with Gasteiger partial charge in [0.1, 0.15) is 11.9 Å². The molecule has 0 amide bonds. The van der Waals surface area contributed by atoms with E-state index >= 15 is 0 Å². The minimum absolute atomic E-state index is 0.117. The monoisotopic (exact) mass is 491 g/mol. The van der Waals surface area contributed by atoms with Crippen molar-refractivity contribution >= 4 is 32.6 Å². The van der Waals surface area contributed by atoms with Crippen LogP contribution in [-0.4, -0.2) is 30.4 Å². The van der Waals surface area contributed by atoms with Gasteiger partial charge in [-0.3, -0.25) is 0 Å². The summed E-state index contributed by atoms with van der Waals surface area (Å²) < 4.78 is 34.7. The van der Waals surface area contributed by atoms with Crippen LogP contribution < -0.4 is 26.7 Å². The third kappa shape index (κ3) is 5.61. The molecular weight excluding hydrogens is 466 g/mol. The zero-order chi connectivity index (χ0) is 24.9. The van der Waals surface area contributed by atoms with E-state index in [-0.39, 0.29) is 12.4 Å². The maximum absolute atomic E-state index is 11.3. The molecule has 0 saturated carbocycles. The predicted octanol–water partition coefficient (Wildman–Crippen LogP) is 2.88. The molecule has 4 rings (SSSR count). The van der Waals surface area contributed by atoms with Gasteiger partial charge < -0.3 is 26.7 Å². The molecule has 6 N–H and O–H groups in total. The standard InChI is InChI=1S/C25H25N5O4S/c1-33-21-11-2-15(12-18-14-29-25(28)30-24(18)27)13-22(21)34-23(16-3-7-19(26)8-4-16)17-5-9-20(10-6-17)35(31)32/h2-9,11,13-14,23H,10,12,26H2,1H3,(H4,27,28,29,30). The molecule has 0 radical (unpaired) electrons. The summed E-state index contributed by atoms with van der Waals surface area (Å²) in [6.45, 7) is 0. The van der Waals surface area contributed by atoms with E-state index in [1.54, 1.807) is 37.6 Å². The van der Waals surface area contributed by atoms with Crippen molar-refractivity contribution in [1.82, 2.24) is 9.97 Å². The maximum Gasteiger partial charge on any atom is 0.221 e. The lowest BCUT2D eigenvalue weighted by Crippen LogP contribution is -2.13. The molecule has 10 heteroatoms. The summed E-state index contributed by atoms with van der Waals surface area (Å²) >= 11 is 0. The molecule has 180 valence electrons. The van der Waals surface area contributed by atoms with E-state index in [2.05, 4.69) is 9.97 Å². The average molecular weight is 492 g/mol. The van der Waals surface area contributed by atoms with Gasteiger partial charge in [-0.25, -0.2) is 4.98 Å². The summed E-state index contributed by atoms with van der Waals surface area (Å²) in [7, 11) is -0.701. The van der Waals surface area contributed by atoms with Gasteiger partial charge in [-0.05, 0) is 47.0 Å². The molecule has 1 atom stereocenters. The van der Waals surface area contributed by atoms with Crippen LogP contribution >= 0.6 is 0 Å². The average Bonchev–Trinajstić information content (AvgIpc) is 2.85. The quantitative estimate of drug-likeness (QED) is 0.334. The lowest BCUT2D eigenvalue weighted by atomic mass is 9.96. The molecule has 3 aromatic rings. The predicted molar refractivity (Wildman–Crippen MR) is 137 cm³/mol. The molecule has 0 aliphatic heterocycles. The van der Waals surface area contributed by atoms with Crippen molar-refractivity contribution in [2.45, 2.75) is 18.9 Å². The number of hydrogen-bond donors (Lipinski definition) is 3. The number of aromatic nitrogens is 2. The van der Waals surface area contributed by atoms with Crippen molar-refractivity contribution in [1.29, 1.82) is 0 Å². The van der Waals surface area contributed by atoms with Crippen LogP contribution in [0.5, 0.6) is 11.5 Å². The lowest BCUT2D eigenvalue weighted by Gasteiger charge is -2.24. The van der Waals surface area contributed by atoms with Crippen LogP contribution in [0.15, 0.2) is 72.5 Å². The summed E-state index contributed by atoms with van der Waals surface area (Å²) in [6.07, 6.45) is 7.00. The van der Waals surface area contributed by atoms with Crippen molar-refractivity contribution < 1.29 is 17.9 Å². The molecular formula is C25H25N5O4S. The number of allylic oxidation sites excluding steroid dienone is 2. The largest absolute Gasteiger partial charge is 0.493 e. The molecule has 1 aromatic heterocycles. The Hall–Kier alpha value is -4.31. The highest BCUT2D eigenvalue weighted by Crippen LogP contribution is 2.37. The highest BCUT2D eigenvalue weighted by atomic mass is 32.2. The Morgan fingerprint density at radius 2 is 1.80 bits per heavy atom. The first-order valence-corrected chi connectivity index (χ1v) is 11.8. The summed E-state index contributed by atoms with van der Waals surface area (Å²) in [6, 6.07) is 12.9. The Labute approximate surface area is 204 Å². The second-order valence-corrected chi connectivity index (χ2v) is 8.90. The first-order chi connectivity index (χ1) is 16.8.